The molecule has 112 valence electrons. The number of imidazole rings is 2. The van der Waals surface area contributed by atoms with Crippen molar-refractivity contribution in [1.82, 2.24) is 19.1 Å². The number of nitrogens with zero attached hydrogens (tertiary/aromatic N) is 4. The lowest BCUT2D eigenvalue weighted by molar-refractivity contribution is 0.0172. The lowest BCUT2D eigenvalue weighted by atomic mass is 10.1. The number of aliphatic hydroxyl groups is 1. The Morgan fingerprint density at radius 2 is 2.10 bits per heavy atom. The highest BCUT2D eigenvalue weighted by Gasteiger charge is 2.48. The highest BCUT2D eigenvalue weighted by atomic mass is 16.6. The third-order valence-electron chi connectivity index (χ3n) is 4.36. The Morgan fingerprint density at radius 3 is 2.86 bits per heavy atom. The Bertz CT molecular complexity index is 645. The van der Waals surface area contributed by atoms with Gasteiger partial charge in [0.1, 0.15) is 29.8 Å². The van der Waals surface area contributed by atoms with Gasteiger partial charge in [-0.05, 0) is 6.92 Å². The molecule has 1 N–H and O–H groups in total. The van der Waals surface area contributed by atoms with E-state index in [1.165, 1.54) is 0 Å². The van der Waals surface area contributed by atoms with Crippen molar-refractivity contribution >= 4 is 0 Å². The standard InChI is InChI=1S/C14H18N4O3/c1-8-16-9(5-17(8)2)14-15-3-4-18(14)10-6-20-13-11(19)7-21-12(10)13/h3-5,10-13,19H,6-7H2,1-2H3/t10-,11-,12-,13-/m1/s1. The number of hydrogen-bond donors (Lipinski definition) is 1. The maximum Gasteiger partial charge on any atom is 0.160 e. The van der Waals surface area contributed by atoms with E-state index in [1.807, 2.05) is 35.5 Å². The number of aliphatic hydroxyl groups excluding tert-OH is 1. The molecule has 7 nitrogen and oxygen atoms in total. The van der Waals surface area contributed by atoms with Crippen molar-refractivity contribution in [3.05, 3.63) is 24.4 Å². The smallest absolute Gasteiger partial charge is 0.160 e. The van der Waals surface area contributed by atoms with E-state index in [0.29, 0.717) is 13.2 Å². The first-order chi connectivity index (χ1) is 10.1. The number of ether oxygens (including phenoxy) is 2. The van der Waals surface area contributed by atoms with Gasteiger partial charge in [0.25, 0.3) is 0 Å². The summed E-state index contributed by atoms with van der Waals surface area (Å²) in [7, 11) is 1.96. The van der Waals surface area contributed by atoms with E-state index in [2.05, 4.69) is 9.97 Å². The van der Waals surface area contributed by atoms with Crippen molar-refractivity contribution < 1.29 is 14.6 Å². The zero-order valence-electron chi connectivity index (χ0n) is 12.0. The summed E-state index contributed by atoms with van der Waals surface area (Å²) in [6.45, 7) is 2.81. The van der Waals surface area contributed by atoms with Crippen molar-refractivity contribution in [2.75, 3.05) is 13.2 Å². The van der Waals surface area contributed by atoms with Crippen LogP contribution in [0.25, 0.3) is 11.5 Å². The molecule has 4 atom stereocenters. The Labute approximate surface area is 122 Å². The van der Waals surface area contributed by atoms with Crippen molar-refractivity contribution in [2.45, 2.75) is 31.3 Å². The van der Waals surface area contributed by atoms with Gasteiger partial charge in [0.2, 0.25) is 0 Å². The molecule has 2 aliphatic heterocycles. The molecule has 7 heteroatoms. The van der Waals surface area contributed by atoms with Crippen molar-refractivity contribution in [1.29, 1.82) is 0 Å². The van der Waals surface area contributed by atoms with Crippen LogP contribution in [-0.4, -0.2) is 55.7 Å². The molecule has 0 spiro atoms. The van der Waals surface area contributed by atoms with E-state index in [0.717, 1.165) is 17.3 Å². The zero-order chi connectivity index (χ0) is 14.6. The summed E-state index contributed by atoms with van der Waals surface area (Å²) in [4.78, 5) is 8.97. The Morgan fingerprint density at radius 1 is 1.29 bits per heavy atom. The minimum Gasteiger partial charge on any atom is -0.388 e. The molecule has 4 rings (SSSR count). The van der Waals surface area contributed by atoms with E-state index in [4.69, 9.17) is 9.47 Å². The van der Waals surface area contributed by atoms with E-state index >= 15 is 0 Å². The number of hydrogen-bond acceptors (Lipinski definition) is 5. The van der Waals surface area contributed by atoms with Gasteiger partial charge in [-0.2, -0.15) is 0 Å². The fraction of sp³-hybridized carbons (Fsp3) is 0.571. The molecule has 2 fully saturated rings. The molecule has 0 aliphatic carbocycles. The minimum atomic E-state index is -0.538. The van der Waals surface area contributed by atoms with Crippen LogP contribution in [0.5, 0.6) is 0 Å². The average Bonchev–Trinajstić information content (AvgIpc) is 3.17. The lowest BCUT2D eigenvalue weighted by Crippen LogP contribution is -2.30. The number of aryl methyl sites for hydroxylation is 2. The Balaban J connectivity index is 1.70. The first kappa shape index (κ1) is 13.0. The molecule has 0 unspecified atom stereocenters. The van der Waals surface area contributed by atoms with Gasteiger partial charge in [-0.15, -0.1) is 0 Å². The first-order valence-corrected chi connectivity index (χ1v) is 7.09. The van der Waals surface area contributed by atoms with Gasteiger partial charge in [-0.25, -0.2) is 9.97 Å². The third-order valence-corrected chi connectivity index (χ3v) is 4.36. The second-order valence-electron chi connectivity index (χ2n) is 5.67. The SMILES string of the molecule is Cc1nc(-c2nccn2[C@@H]2CO[C@H]3[C@@H]2OC[C@H]3O)cn1C. The molecule has 0 radical (unpaired) electrons. The molecule has 2 aromatic heterocycles. The normalized spacial score (nSPS) is 31.8. The second-order valence-corrected chi connectivity index (χ2v) is 5.67. The molecule has 0 aromatic carbocycles. The molecular weight excluding hydrogens is 272 g/mol. The third kappa shape index (κ3) is 1.92. The average molecular weight is 290 g/mol. The number of aromatic nitrogens is 4. The zero-order valence-corrected chi connectivity index (χ0v) is 12.0. The molecule has 2 aliphatic rings. The van der Waals surface area contributed by atoms with Crippen LogP contribution in [0, 0.1) is 6.92 Å². The van der Waals surface area contributed by atoms with Crippen LogP contribution in [0.3, 0.4) is 0 Å². The van der Waals surface area contributed by atoms with Crippen molar-refractivity contribution in [3.63, 3.8) is 0 Å². The maximum absolute atomic E-state index is 9.85. The molecule has 4 heterocycles. The van der Waals surface area contributed by atoms with Gasteiger partial charge < -0.3 is 23.7 Å². The van der Waals surface area contributed by atoms with Crippen molar-refractivity contribution in [3.8, 4) is 11.5 Å². The van der Waals surface area contributed by atoms with E-state index in [-0.39, 0.29) is 18.2 Å². The molecule has 0 bridgehead atoms. The van der Waals surface area contributed by atoms with E-state index in [9.17, 15) is 5.11 Å². The van der Waals surface area contributed by atoms with Crippen LogP contribution in [0.1, 0.15) is 11.9 Å². The predicted octanol–water partition coefficient (Wildman–Crippen LogP) is 0.292. The summed E-state index contributed by atoms with van der Waals surface area (Å²) in [5, 5.41) is 9.85. The van der Waals surface area contributed by atoms with Crippen LogP contribution in [0.2, 0.25) is 0 Å². The summed E-state index contributed by atoms with van der Waals surface area (Å²) in [5.74, 6) is 1.74. The van der Waals surface area contributed by atoms with Crippen molar-refractivity contribution in [2.24, 2.45) is 7.05 Å². The molecular formula is C14H18N4O3. The highest BCUT2D eigenvalue weighted by molar-refractivity contribution is 5.49. The van der Waals surface area contributed by atoms with E-state index in [1.54, 1.807) is 6.20 Å². The Hall–Kier alpha value is -1.70. The lowest BCUT2D eigenvalue weighted by Gasteiger charge is -2.19. The van der Waals surface area contributed by atoms with Crippen LogP contribution >= 0.6 is 0 Å². The van der Waals surface area contributed by atoms with Gasteiger partial charge in [-0.3, -0.25) is 0 Å². The molecule has 2 saturated heterocycles. The summed E-state index contributed by atoms with van der Waals surface area (Å²) < 4.78 is 15.4. The first-order valence-electron chi connectivity index (χ1n) is 7.09. The largest absolute Gasteiger partial charge is 0.388 e. The fourth-order valence-electron chi connectivity index (χ4n) is 3.14. The van der Waals surface area contributed by atoms with Gasteiger partial charge >= 0.3 is 0 Å². The van der Waals surface area contributed by atoms with Gasteiger partial charge in [-0.1, -0.05) is 0 Å². The van der Waals surface area contributed by atoms with Crippen LogP contribution in [0.15, 0.2) is 18.6 Å². The predicted molar refractivity (Wildman–Crippen MR) is 73.7 cm³/mol. The fourth-order valence-corrected chi connectivity index (χ4v) is 3.14. The monoisotopic (exact) mass is 290 g/mol. The minimum absolute atomic E-state index is 0.0203. The summed E-state index contributed by atoms with van der Waals surface area (Å²) in [5.41, 5.74) is 0.835. The summed E-state index contributed by atoms with van der Waals surface area (Å²) >= 11 is 0. The van der Waals surface area contributed by atoms with Crippen LogP contribution in [0.4, 0.5) is 0 Å². The molecule has 0 amide bonds. The number of rotatable bonds is 2. The van der Waals surface area contributed by atoms with E-state index < -0.39 is 6.10 Å². The number of fused-ring (bicyclic) bond motifs is 1. The van der Waals surface area contributed by atoms with Crippen LogP contribution < -0.4 is 0 Å². The summed E-state index contributed by atoms with van der Waals surface area (Å²) in [6, 6.07) is 0.0203. The Kier molecular flexibility index (Phi) is 2.88. The van der Waals surface area contributed by atoms with Gasteiger partial charge in [0.15, 0.2) is 5.82 Å². The molecule has 2 aromatic rings. The summed E-state index contributed by atoms with van der Waals surface area (Å²) in [6.07, 6.45) is 4.74. The maximum atomic E-state index is 9.85. The van der Waals surface area contributed by atoms with Crippen LogP contribution in [-0.2, 0) is 16.5 Å². The highest BCUT2D eigenvalue weighted by Crippen LogP contribution is 2.36. The van der Waals surface area contributed by atoms with Gasteiger partial charge in [0, 0.05) is 25.6 Å². The van der Waals surface area contributed by atoms with Gasteiger partial charge in [0.05, 0.1) is 19.3 Å². The molecule has 0 saturated carbocycles. The quantitative estimate of drug-likeness (QED) is 0.860. The molecule has 21 heavy (non-hydrogen) atoms. The second kappa shape index (κ2) is 4.66. The topological polar surface area (TPSA) is 74.3 Å².